The number of benzene rings is 8. The molecule has 0 radical (unpaired) electrons. The van der Waals surface area contributed by atoms with Gasteiger partial charge in [-0.2, -0.15) is 0 Å². The van der Waals surface area contributed by atoms with E-state index in [0.29, 0.717) is 6.67 Å². The summed E-state index contributed by atoms with van der Waals surface area (Å²) in [5.41, 5.74) is 16.2. The van der Waals surface area contributed by atoms with Gasteiger partial charge >= 0.3 is 0 Å². The van der Waals surface area contributed by atoms with Crippen LogP contribution >= 0.6 is 0 Å². The second-order valence-electron chi connectivity index (χ2n) is 23.1. The summed E-state index contributed by atoms with van der Waals surface area (Å²) < 4.78 is 9.22. The number of ether oxygens (including phenoxy) is 1. The Balaban J connectivity index is 0.999. The second kappa shape index (κ2) is 18.0. The monoisotopic (exact) mass is 955 g/mol. The summed E-state index contributed by atoms with van der Waals surface area (Å²) in [7, 11) is 0. The zero-order valence-corrected chi connectivity index (χ0v) is 44.0. The highest BCUT2D eigenvalue weighted by atomic mass is 16.5. The van der Waals surface area contributed by atoms with Crippen LogP contribution < -0.4 is 14.5 Å². The number of pyridine rings is 1. The first-order valence-corrected chi connectivity index (χ1v) is 25.8. The Kier molecular flexibility index (Phi) is 11.7. The standard InChI is InChI=1S/C68H66N4O/c1-65(2,3)50-30-34-61-63(41-50)71(55-39-52(67(7,8)48-23-16-12-17-24-48)38-53(40-55)68(9,10)49-25-18-13-19-26-49)45-70(61)54-27-20-28-56(43-54)73-57-31-32-58-59-37-47(46-21-14-11-15-22-46)29-33-60(59)72(62(58)44-57)64-42-51(35-36-69-64)66(4,5)6/h11-44H,45H2,1-10H3. The molecule has 0 saturated heterocycles. The molecular weight excluding hydrogens is 889 g/mol. The number of fused-ring (bicyclic) bond motifs is 4. The highest BCUT2D eigenvalue weighted by Gasteiger charge is 2.34. The van der Waals surface area contributed by atoms with Crippen molar-refractivity contribution in [2.45, 2.75) is 90.9 Å². The van der Waals surface area contributed by atoms with Crippen molar-refractivity contribution >= 4 is 44.6 Å². The summed E-state index contributed by atoms with van der Waals surface area (Å²) in [6.45, 7) is 23.7. The minimum atomic E-state index is -0.255. The van der Waals surface area contributed by atoms with E-state index in [1.807, 2.05) is 6.20 Å². The molecule has 10 aromatic rings. The average Bonchev–Trinajstić information content (AvgIpc) is 3.94. The Morgan fingerprint density at radius 3 is 1.63 bits per heavy atom. The topological polar surface area (TPSA) is 33.5 Å². The predicted octanol–water partition coefficient (Wildman–Crippen LogP) is 18.1. The van der Waals surface area contributed by atoms with Crippen LogP contribution in [0.4, 0.5) is 22.7 Å². The number of rotatable bonds is 10. The first kappa shape index (κ1) is 47.4. The highest BCUT2D eigenvalue weighted by Crippen LogP contribution is 2.49. The quantitative estimate of drug-likeness (QED) is 0.137. The lowest BCUT2D eigenvalue weighted by Gasteiger charge is -2.33. The zero-order valence-electron chi connectivity index (χ0n) is 44.0. The van der Waals surface area contributed by atoms with E-state index in [4.69, 9.17) is 9.72 Å². The van der Waals surface area contributed by atoms with Crippen LogP contribution in [0.5, 0.6) is 11.5 Å². The second-order valence-corrected chi connectivity index (χ2v) is 23.1. The highest BCUT2D eigenvalue weighted by molar-refractivity contribution is 6.10. The van der Waals surface area contributed by atoms with Crippen LogP contribution in [0.25, 0.3) is 38.8 Å². The average molecular weight is 955 g/mol. The Hall–Kier alpha value is -7.89. The first-order chi connectivity index (χ1) is 34.9. The van der Waals surface area contributed by atoms with E-state index in [0.717, 1.165) is 45.1 Å². The maximum atomic E-state index is 6.92. The molecule has 8 aromatic carbocycles. The van der Waals surface area contributed by atoms with Gasteiger partial charge in [-0.05, 0) is 128 Å². The molecule has 2 aromatic heterocycles. The van der Waals surface area contributed by atoms with Gasteiger partial charge in [0.1, 0.15) is 24.0 Å². The fourth-order valence-corrected chi connectivity index (χ4v) is 10.7. The molecule has 0 amide bonds. The number of aromatic nitrogens is 2. The smallest absolute Gasteiger partial charge is 0.137 e. The van der Waals surface area contributed by atoms with Crippen molar-refractivity contribution in [3.63, 3.8) is 0 Å². The van der Waals surface area contributed by atoms with Crippen LogP contribution in [0.2, 0.25) is 0 Å². The van der Waals surface area contributed by atoms with Crippen LogP contribution in [0, 0.1) is 0 Å². The molecule has 73 heavy (non-hydrogen) atoms. The van der Waals surface area contributed by atoms with Gasteiger partial charge in [0, 0.05) is 51.3 Å². The van der Waals surface area contributed by atoms with Gasteiger partial charge in [0.2, 0.25) is 0 Å². The van der Waals surface area contributed by atoms with Gasteiger partial charge in [-0.15, -0.1) is 0 Å². The number of anilines is 4. The van der Waals surface area contributed by atoms with Crippen LogP contribution in [-0.4, -0.2) is 16.2 Å². The summed E-state index contributed by atoms with van der Waals surface area (Å²) in [4.78, 5) is 9.94. The van der Waals surface area contributed by atoms with E-state index in [2.05, 4.69) is 284 Å². The van der Waals surface area contributed by atoms with E-state index in [1.165, 1.54) is 61.3 Å². The van der Waals surface area contributed by atoms with Crippen molar-refractivity contribution < 1.29 is 4.74 Å². The molecular formula is C68H66N4O. The Morgan fingerprint density at radius 2 is 0.986 bits per heavy atom. The molecule has 0 aliphatic carbocycles. The summed E-state index contributed by atoms with van der Waals surface area (Å²) in [6, 6.07) is 73.0. The third-order valence-corrected chi connectivity index (χ3v) is 15.4. The molecule has 11 rings (SSSR count). The van der Waals surface area contributed by atoms with E-state index in [1.54, 1.807) is 0 Å². The molecule has 0 fully saturated rings. The summed E-state index contributed by atoms with van der Waals surface area (Å²) >= 11 is 0. The van der Waals surface area contributed by atoms with Gasteiger partial charge in [0.05, 0.1) is 22.4 Å². The largest absolute Gasteiger partial charge is 0.457 e. The molecule has 0 N–H and O–H groups in total. The van der Waals surface area contributed by atoms with E-state index in [9.17, 15) is 0 Å². The van der Waals surface area contributed by atoms with E-state index < -0.39 is 0 Å². The minimum Gasteiger partial charge on any atom is -0.457 e. The Bertz CT molecular complexity index is 3580. The van der Waals surface area contributed by atoms with Crippen LogP contribution in [0.15, 0.2) is 206 Å². The zero-order chi connectivity index (χ0) is 50.9. The van der Waals surface area contributed by atoms with Crippen LogP contribution in [-0.2, 0) is 21.7 Å². The van der Waals surface area contributed by atoms with Gasteiger partial charge in [0.25, 0.3) is 0 Å². The Labute approximate surface area is 432 Å². The molecule has 5 heteroatoms. The van der Waals surface area contributed by atoms with Crippen molar-refractivity contribution in [3.05, 3.63) is 240 Å². The molecule has 0 saturated carbocycles. The minimum absolute atomic E-state index is 0.0382. The lowest BCUT2D eigenvalue weighted by molar-refractivity contribution is 0.483. The maximum absolute atomic E-state index is 6.92. The summed E-state index contributed by atoms with van der Waals surface area (Å²) in [5, 5.41) is 2.32. The lowest BCUT2D eigenvalue weighted by Crippen LogP contribution is -2.27. The van der Waals surface area contributed by atoms with Crippen molar-refractivity contribution in [1.29, 1.82) is 0 Å². The third kappa shape index (κ3) is 8.86. The van der Waals surface area contributed by atoms with Gasteiger partial charge in [0.15, 0.2) is 0 Å². The fraction of sp³-hybridized carbons (Fsp3) is 0.221. The van der Waals surface area contributed by atoms with Gasteiger partial charge in [-0.3, -0.25) is 4.57 Å². The number of hydrogen-bond acceptors (Lipinski definition) is 4. The first-order valence-electron chi connectivity index (χ1n) is 25.8. The summed E-state index contributed by atoms with van der Waals surface area (Å²) in [5.74, 6) is 2.41. The van der Waals surface area contributed by atoms with Crippen LogP contribution in [0.1, 0.15) is 103 Å². The molecule has 364 valence electrons. The van der Waals surface area contributed by atoms with E-state index >= 15 is 0 Å². The number of hydrogen-bond donors (Lipinski definition) is 0. The molecule has 0 unspecified atom stereocenters. The predicted molar refractivity (Wildman–Crippen MR) is 307 cm³/mol. The third-order valence-electron chi connectivity index (χ3n) is 15.4. The SMILES string of the molecule is CC(C)(C)c1ccnc(-n2c3ccc(-c4ccccc4)cc3c3ccc(Oc4cccc(N5CN(c6cc(C(C)(C)c7ccccc7)cc(C(C)(C)c7ccccc7)c6)c6cc(C(C)(C)C)ccc65)c4)cc32)c1. The molecule has 1 aliphatic rings. The molecule has 0 spiro atoms. The van der Waals surface area contributed by atoms with Gasteiger partial charge < -0.3 is 14.5 Å². The van der Waals surface area contributed by atoms with E-state index in [-0.39, 0.29) is 21.7 Å². The fourth-order valence-electron chi connectivity index (χ4n) is 10.7. The maximum Gasteiger partial charge on any atom is 0.137 e. The summed E-state index contributed by atoms with van der Waals surface area (Å²) in [6.07, 6.45) is 1.94. The van der Waals surface area contributed by atoms with Crippen molar-refractivity contribution in [2.24, 2.45) is 0 Å². The van der Waals surface area contributed by atoms with Gasteiger partial charge in [-0.25, -0.2) is 4.98 Å². The van der Waals surface area contributed by atoms with Crippen molar-refractivity contribution in [2.75, 3.05) is 16.5 Å². The molecule has 3 heterocycles. The van der Waals surface area contributed by atoms with Crippen molar-refractivity contribution in [1.82, 2.24) is 9.55 Å². The molecule has 0 bridgehead atoms. The molecule has 5 nitrogen and oxygen atoms in total. The van der Waals surface area contributed by atoms with Crippen molar-refractivity contribution in [3.8, 4) is 28.4 Å². The molecule has 1 aliphatic heterocycles. The number of nitrogens with zero attached hydrogens (tertiary/aromatic N) is 4. The Morgan fingerprint density at radius 1 is 0.384 bits per heavy atom. The lowest BCUT2D eigenvalue weighted by atomic mass is 9.73. The van der Waals surface area contributed by atoms with Crippen LogP contribution in [0.3, 0.4) is 0 Å². The normalized spacial score (nSPS) is 13.2. The van der Waals surface area contributed by atoms with Gasteiger partial charge in [-0.1, -0.05) is 184 Å². The molecule has 0 atom stereocenters.